The average Bonchev–Trinajstić information content (AvgIpc) is 2.60. The van der Waals surface area contributed by atoms with E-state index >= 15 is 0 Å². The Morgan fingerprint density at radius 1 is 1.24 bits per heavy atom. The van der Waals surface area contributed by atoms with E-state index in [0.717, 1.165) is 11.3 Å². The van der Waals surface area contributed by atoms with E-state index in [0.29, 0.717) is 37.5 Å². The van der Waals surface area contributed by atoms with Gasteiger partial charge in [-0.1, -0.05) is 17.7 Å². The molecular formula is C21H28ClN3O4. The Hall–Kier alpha value is -2.28. The number of benzene rings is 1. The molecule has 0 spiro atoms. The van der Waals surface area contributed by atoms with Crippen molar-refractivity contribution in [2.75, 3.05) is 24.5 Å². The number of piperazine rings is 1. The van der Waals surface area contributed by atoms with Gasteiger partial charge in [0, 0.05) is 42.8 Å². The van der Waals surface area contributed by atoms with Crippen LogP contribution in [-0.2, 0) is 14.3 Å². The summed E-state index contributed by atoms with van der Waals surface area (Å²) in [6.07, 6.45) is 0.490. The number of ether oxygens (including phenoxy) is 1. The Labute approximate surface area is 176 Å². The van der Waals surface area contributed by atoms with E-state index in [1.54, 1.807) is 4.90 Å². The van der Waals surface area contributed by atoms with E-state index in [1.165, 1.54) is 0 Å². The summed E-state index contributed by atoms with van der Waals surface area (Å²) in [7, 11) is 0. The van der Waals surface area contributed by atoms with Crippen molar-refractivity contribution in [2.24, 2.45) is 0 Å². The molecule has 2 atom stereocenters. The number of carbonyl (C=O) groups is 3. The second-order valence-corrected chi connectivity index (χ2v) is 9.09. The molecule has 1 aromatic carbocycles. The Bertz CT molecular complexity index is 821. The molecule has 0 aromatic heterocycles. The van der Waals surface area contributed by atoms with Crippen molar-refractivity contribution in [3.05, 3.63) is 28.8 Å². The fourth-order valence-corrected chi connectivity index (χ4v) is 4.08. The minimum absolute atomic E-state index is 0.00723. The molecule has 3 amide bonds. The molecule has 1 aromatic rings. The molecule has 7 nitrogen and oxygen atoms in total. The van der Waals surface area contributed by atoms with Crippen LogP contribution in [0.2, 0.25) is 5.02 Å². The molecule has 2 aliphatic heterocycles. The summed E-state index contributed by atoms with van der Waals surface area (Å²) in [4.78, 5) is 39.8. The van der Waals surface area contributed by atoms with Gasteiger partial charge < -0.3 is 14.5 Å². The van der Waals surface area contributed by atoms with E-state index in [1.807, 2.05) is 45.9 Å². The molecule has 0 aliphatic carbocycles. The number of anilines is 1. The summed E-state index contributed by atoms with van der Waals surface area (Å²) in [6.45, 7) is 9.45. The second kappa shape index (κ2) is 8.22. The first-order valence-electron chi connectivity index (χ1n) is 9.93. The molecular weight excluding hydrogens is 394 g/mol. The van der Waals surface area contributed by atoms with Crippen LogP contribution < -0.4 is 10.2 Å². The number of nitrogens with one attached hydrogen (secondary N) is 1. The third-order valence-corrected chi connectivity index (χ3v) is 5.55. The molecule has 158 valence electrons. The largest absolute Gasteiger partial charge is 0.444 e. The number of amides is 3. The van der Waals surface area contributed by atoms with Gasteiger partial charge in [0.15, 0.2) is 0 Å². The molecule has 2 saturated heterocycles. The molecule has 29 heavy (non-hydrogen) atoms. The van der Waals surface area contributed by atoms with E-state index in [-0.39, 0.29) is 23.9 Å². The van der Waals surface area contributed by atoms with Crippen LogP contribution in [0.25, 0.3) is 0 Å². The minimum Gasteiger partial charge on any atom is -0.444 e. The lowest BCUT2D eigenvalue weighted by atomic mass is 9.90. The van der Waals surface area contributed by atoms with Crippen LogP contribution in [0.3, 0.4) is 0 Å². The van der Waals surface area contributed by atoms with E-state index in [9.17, 15) is 14.4 Å². The van der Waals surface area contributed by atoms with Crippen molar-refractivity contribution in [1.82, 2.24) is 10.2 Å². The summed E-state index contributed by atoms with van der Waals surface area (Å²) in [6, 6.07) is 5.66. The number of imide groups is 1. The first kappa shape index (κ1) is 21.4. The summed E-state index contributed by atoms with van der Waals surface area (Å²) in [5.41, 5.74) is 1.16. The highest BCUT2D eigenvalue weighted by Crippen LogP contribution is 2.34. The highest BCUT2D eigenvalue weighted by molar-refractivity contribution is 6.32. The Morgan fingerprint density at radius 2 is 1.97 bits per heavy atom. The molecule has 0 radical (unpaired) electrons. The number of hydrogen-bond acceptors (Lipinski definition) is 5. The molecule has 2 fully saturated rings. The molecule has 0 saturated carbocycles. The lowest BCUT2D eigenvalue weighted by Gasteiger charge is -2.41. The quantitative estimate of drug-likeness (QED) is 0.741. The van der Waals surface area contributed by atoms with Crippen molar-refractivity contribution in [3.63, 3.8) is 0 Å². The number of nitrogens with zero attached hydrogens (tertiary/aromatic N) is 2. The van der Waals surface area contributed by atoms with Gasteiger partial charge in [0.2, 0.25) is 11.8 Å². The Balaban J connectivity index is 1.68. The number of rotatable bonds is 2. The van der Waals surface area contributed by atoms with Gasteiger partial charge in [-0.05, 0) is 51.8 Å². The average molecular weight is 422 g/mol. The standard InChI is InChI=1S/C21H28ClN3O4/c1-13-12-24(9-10-25(13)20(28)29-21(2,3)4)14-5-6-15(17(22)11-14)16-7-8-18(26)23-19(16)27/h5-6,11,13,16H,7-10,12H2,1-4H3,(H,23,26,27)/t13-,16?/m1/s1. The fourth-order valence-electron chi connectivity index (χ4n) is 3.77. The lowest BCUT2D eigenvalue weighted by molar-refractivity contribution is -0.134. The van der Waals surface area contributed by atoms with Crippen LogP contribution in [0.1, 0.15) is 52.0 Å². The van der Waals surface area contributed by atoms with Crippen molar-refractivity contribution >= 4 is 35.2 Å². The Morgan fingerprint density at radius 3 is 2.55 bits per heavy atom. The fraction of sp³-hybridized carbons (Fsp3) is 0.571. The molecule has 2 heterocycles. The molecule has 1 unspecified atom stereocenters. The SMILES string of the molecule is C[C@@H]1CN(c2ccc(C3CCC(=O)NC3=O)c(Cl)c2)CCN1C(=O)OC(C)(C)C. The molecule has 3 rings (SSSR count). The maximum absolute atomic E-state index is 12.4. The third kappa shape index (κ3) is 5.01. The maximum atomic E-state index is 12.4. The van der Waals surface area contributed by atoms with Crippen LogP contribution >= 0.6 is 11.6 Å². The Kier molecular flexibility index (Phi) is 6.08. The van der Waals surface area contributed by atoms with Crippen LogP contribution in [0.15, 0.2) is 18.2 Å². The molecule has 1 N–H and O–H groups in total. The highest BCUT2D eigenvalue weighted by atomic mass is 35.5. The first-order valence-corrected chi connectivity index (χ1v) is 10.3. The monoisotopic (exact) mass is 421 g/mol. The number of hydrogen-bond donors (Lipinski definition) is 1. The molecule has 2 aliphatic rings. The van der Waals surface area contributed by atoms with Gasteiger partial charge in [0.05, 0.1) is 5.92 Å². The zero-order valence-corrected chi connectivity index (χ0v) is 18.1. The minimum atomic E-state index is -0.521. The van der Waals surface area contributed by atoms with Gasteiger partial charge in [0.25, 0.3) is 0 Å². The molecule has 0 bridgehead atoms. The van der Waals surface area contributed by atoms with Crippen LogP contribution in [0.4, 0.5) is 10.5 Å². The van der Waals surface area contributed by atoms with Gasteiger partial charge in [-0.3, -0.25) is 14.9 Å². The number of halogens is 1. The lowest BCUT2D eigenvalue weighted by Crippen LogP contribution is -2.55. The van der Waals surface area contributed by atoms with Gasteiger partial charge in [-0.15, -0.1) is 0 Å². The summed E-state index contributed by atoms with van der Waals surface area (Å²) in [5.74, 6) is -0.941. The highest BCUT2D eigenvalue weighted by Gasteiger charge is 2.32. The predicted molar refractivity (Wildman–Crippen MR) is 111 cm³/mol. The maximum Gasteiger partial charge on any atom is 0.410 e. The van der Waals surface area contributed by atoms with Crippen LogP contribution in [-0.4, -0.2) is 54.1 Å². The third-order valence-electron chi connectivity index (χ3n) is 5.22. The van der Waals surface area contributed by atoms with Crippen molar-refractivity contribution < 1.29 is 19.1 Å². The van der Waals surface area contributed by atoms with Gasteiger partial charge in [0.1, 0.15) is 5.60 Å². The van der Waals surface area contributed by atoms with Crippen molar-refractivity contribution in [3.8, 4) is 0 Å². The van der Waals surface area contributed by atoms with Gasteiger partial charge in [-0.2, -0.15) is 0 Å². The predicted octanol–water partition coefficient (Wildman–Crippen LogP) is 3.31. The summed E-state index contributed by atoms with van der Waals surface area (Å²) < 4.78 is 5.49. The van der Waals surface area contributed by atoms with E-state index < -0.39 is 11.5 Å². The van der Waals surface area contributed by atoms with Crippen molar-refractivity contribution in [2.45, 2.75) is 58.1 Å². The van der Waals surface area contributed by atoms with E-state index in [4.69, 9.17) is 16.3 Å². The first-order chi connectivity index (χ1) is 13.5. The second-order valence-electron chi connectivity index (χ2n) is 8.68. The van der Waals surface area contributed by atoms with Crippen molar-refractivity contribution in [1.29, 1.82) is 0 Å². The zero-order chi connectivity index (χ0) is 21.3. The van der Waals surface area contributed by atoms with Crippen LogP contribution in [0.5, 0.6) is 0 Å². The van der Waals surface area contributed by atoms with Gasteiger partial charge >= 0.3 is 6.09 Å². The zero-order valence-electron chi connectivity index (χ0n) is 17.3. The topological polar surface area (TPSA) is 79.0 Å². The molecule has 8 heteroatoms. The normalized spacial score (nSPS) is 23.1. The number of piperidine rings is 1. The van der Waals surface area contributed by atoms with E-state index in [2.05, 4.69) is 10.2 Å². The van der Waals surface area contributed by atoms with Crippen LogP contribution in [0, 0.1) is 0 Å². The van der Waals surface area contributed by atoms with Gasteiger partial charge in [-0.25, -0.2) is 4.79 Å². The summed E-state index contributed by atoms with van der Waals surface area (Å²) in [5, 5.41) is 2.89. The number of carbonyl (C=O) groups excluding carboxylic acids is 3. The smallest absolute Gasteiger partial charge is 0.410 e. The summed E-state index contributed by atoms with van der Waals surface area (Å²) >= 11 is 6.50.